The van der Waals surface area contributed by atoms with Crippen molar-refractivity contribution in [2.24, 2.45) is 5.16 Å². The molecule has 0 amide bonds. The van der Waals surface area contributed by atoms with Gasteiger partial charge in [0.15, 0.2) is 0 Å². The third kappa shape index (κ3) is 7.21. The molecule has 0 atom stereocenters. The summed E-state index contributed by atoms with van der Waals surface area (Å²) in [7, 11) is 0. The van der Waals surface area contributed by atoms with Crippen molar-refractivity contribution in [1.29, 1.82) is 0 Å². The fourth-order valence-electron chi connectivity index (χ4n) is 0.395. The highest BCUT2D eigenvalue weighted by Crippen LogP contribution is 1.80. The smallest absolute Gasteiger partial charge is 0.135 e. The van der Waals surface area contributed by atoms with Crippen molar-refractivity contribution in [2.75, 3.05) is 6.61 Å². The van der Waals surface area contributed by atoms with E-state index in [0.717, 1.165) is 6.42 Å². The maximum Gasteiger partial charge on any atom is 0.135 e. The number of nitrogens with zero attached hydrogens (tertiary/aromatic N) is 1. The van der Waals surface area contributed by atoms with E-state index in [-0.39, 0.29) is 0 Å². The van der Waals surface area contributed by atoms with Crippen LogP contribution >= 0.6 is 0 Å². The van der Waals surface area contributed by atoms with Crippen LogP contribution in [0.15, 0.2) is 17.3 Å². The largest absolute Gasteiger partial charge is 0.392 e. The van der Waals surface area contributed by atoms with Crippen LogP contribution in [-0.4, -0.2) is 12.8 Å². The topological polar surface area (TPSA) is 21.6 Å². The van der Waals surface area contributed by atoms with E-state index in [1.807, 2.05) is 19.1 Å². The molecule has 0 aromatic heterocycles. The summed E-state index contributed by atoms with van der Waals surface area (Å²) < 4.78 is 0. The van der Waals surface area contributed by atoms with Crippen LogP contribution in [0.25, 0.3) is 0 Å². The molecule has 0 rings (SSSR count). The monoisotopic (exact) mass is 127 g/mol. The van der Waals surface area contributed by atoms with Gasteiger partial charge in [-0.25, -0.2) is 0 Å². The number of rotatable bonds is 4. The lowest BCUT2D eigenvalue weighted by atomic mass is 10.4. The highest BCUT2D eigenvalue weighted by molar-refractivity contribution is 5.52. The van der Waals surface area contributed by atoms with Crippen molar-refractivity contribution in [1.82, 2.24) is 0 Å². The molecule has 0 aliphatic rings. The first kappa shape index (κ1) is 8.21. The Morgan fingerprint density at radius 1 is 1.44 bits per heavy atom. The summed E-state index contributed by atoms with van der Waals surface area (Å²) in [4.78, 5) is 4.77. The average molecular weight is 127 g/mol. The predicted octanol–water partition coefficient (Wildman–Crippen LogP) is 1.97. The zero-order valence-corrected chi connectivity index (χ0v) is 6.00. The fourth-order valence-corrected chi connectivity index (χ4v) is 0.395. The molecule has 0 radical (unpaired) electrons. The van der Waals surface area contributed by atoms with Gasteiger partial charge in [-0.2, -0.15) is 0 Å². The summed E-state index contributed by atoms with van der Waals surface area (Å²) in [6.07, 6.45) is 6.68. The summed E-state index contributed by atoms with van der Waals surface area (Å²) in [5.74, 6) is 0. The molecule has 0 heterocycles. The van der Waals surface area contributed by atoms with Crippen molar-refractivity contribution < 1.29 is 4.84 Å². The first-order chi connectivity index (χ1) is 4.41. The Bertz CT molecular complexity index is 97.1. The maximum atomic E-state index is 4.77. The summed E-state index contributed by atoms with van der Waals surface area (Å²) >= 11 is 0. The van der Waals surface area contributed by atoms with Gasteiger partial charge in [-0.05, 0) is 19.4 Å². The highest BCUT2D eigenvalue weighted by atomic mass is 16.6. The van der Waals surface area contributed by atoms with Crippen molar-refractivity contribution in [2.45, 2.75) is 20.3 Å². The summed E-state index contributed by atoms with van der Waals surface area (Å²) in [5, 5.41) is 3.57. The second-order valence-electron chi connectivity index (χ2n) is 1.54. The van der Waals surface area contributed by atoms with Crippen LogP contribution in [0.5, 0.6) is 0 Å². The molecule has 0 bridgehead atoms. The van der Waals surface area contributed by atoms with Gasteiger partial charge < -0.3 is 4.84 Å². The van der Waals surface area contributed by atoms with E-state index in [4.69, 9.17) is 4.84 Å². The van der Waals surface area contributed by atoms with Gasteiger partial charge in [0, 0.05) is 6.21 Å². The lowest BCUT2D eigenvalue weighted by Gasteiger charge is -1.88. The van der Waals surface area contributed by atoms with E-state index >= 15 is 0 Å². The van der Waals surface area contributed by atoms with Crippen molar-refractivity contribution in [3.8, 4) is 0 Å². The van der Waals surface area contributed by atoms with Gasteiger partial charge >= 0.3 is 0 Å². The SMILES string of the molecule is C/C=N\OC/C=C\CC. The molecule has 0 saturated carbocycles. The van der Waals surface area contributed by atoms with Crippen LogP contribution in [0.3, 0.4) is 0 Å². The summed E-state index contributed by atoms with van der Waals surface area (Å²) in [6, 6.07) is 0. The van der Waals surface area contributed by atoms with Crippen LogP contribution in [0.1, 0.15) is 20.3 Å². The van der Waals surface area contributed by atoms with E-state index in [0.29, 0.717) is 6.61 Å². The molecule has 0 spiro atoms. The van der Waals surface area contributed by atoms with E-state index in [1.54, 1.807) is 6.21 Å². The molecular weight excluding hydrogens is 114 g/mol. The molecule has 0 unspecified atom stereocenters. The zero-order valence-electron chi connectivity index (χ0n) is 6.00. The Hall–Kier alpha value is -0.790. The van der Waals surface area contributed by atoms with Crippen molar-refractivity contribution in [3.63, 3.8) is 0 Å². The Balaban J connectivity index is 2.99. The van der Waals surface area contributed by atoms with Gasteiger partial charge in [0.05, 0.1) is 0 Å². The molecule has 0 aliphatic carbocycles. The van der Waals surface area contributed by atoms with Crippen LogP contribution < -0.4 is 0 Å². The minimum absolute atomic E-state index is 0.582. The summed E-state index contributed by atoms with van der Waals surface area (Å²) in [5.41, 5.74) is 0. The van der Waals surface area contributed by atoms with E-state index in [2.05, 4.69) is 12.1 Å². The van der Waals surface area contributed by atoms with E-state index in [9.17, 15) is 0 Å². The van der Waals surface area contributed by atoms with Crippen LogP contribution in [0, 0.1) is 0 Å². The average Bonchev–Trinajstić information content (AvgIpc) is 1.89. The molecule has 0 saturated heterocycles. The molecule has 0 aliphatic heterocycles. The van der Waals surface area contributed by atoms with Crippen LogP contribution in [0.4, 0.5) is 0 Å². The molecule has 0 aromatic carbocycles. The van der Waals surface area contributed by atoms with Gasteiger partial charge in [0.2, 0.25) is 0 Å². The van der Waals surface area contributed by atoms with Gasteiger partial charge in [0.1, 0.15) is 6.61 Å². The Morgan fingerprint density at radius 2 is 2.22 bits per heavy atom. The molecule has 0 aromatic rings. The second-order valence-corrected chi connectivity index (χ2v) is 1.54. The second kappa shape index (κ2) is 7.21. The lowest BCUT2D eigenvalue weighted by Crippen LogP contribution is -1.80. The molecular formula is C7H13NO. The fraction of sp³-hybridized carbons (Fsp3) is 0.571. The normalized spacial score (nSPS) is 11.3. The Morgan fingerprint density at radius 3 is 2.78 bits per heavy atom. The van der Waals surface area contributed by atoms with E-state index < -0.39 is 0 Å². The Kier molecular flexibility index (Phi) is 6.58. The summed E-state index contributed by atoms with van der Waals surface area (Å²) in [6.45, 7) is 4.49. The molecule has 2 heteroatoms. The van der Waals surface area contributed by atoms with Gasteiger partial charge in [-0.15, -0.1) is 0 Å². The quantitative estimate of drug-likeness (QED) is 0.245. The standard InChI is InChI=1S/C7H13NO/c1-3-5-6-7-9-8-4-2/h4-6H,3,7H2,1-2H3/b6-5-,8-4-. The molecule has 0 fully saturated rings. The number of allylic oxidation sites excluding steroid dienone is 1. The van der Waals surface area contributed by atoms with Crippen LogP contribution in [-0.2, 0) is 4.84 Å². The maximum absolute atomic E-state index is 4.77. The zero-order chi connectivity index (χ0) is 6.95. The molecule has 52 valence electrons. The molecule has 9 heavy (non-hydrogen) atoms. The van der Waals surface area contributed by atoms with Gasteiger partial charge in [-0.3, -0.25) is 0 Å². The van der Waals surface area contributed by atoms with Gasteiger partial charge in [0.25, 0.3) is 0 Å². The highest BCUT2D eigenvalue weighted by Gasteiger charge is 1.71. The van der Waals surface area contributed by atoms with Gasteiger partial charge in [-0.1, -0.05) is 18.2 Å². The first-order valence-corrected chi connectivity index (χ1v) is 3.16. The minimum atomic E-state index is 0.582. The van der Waals surface area contributed by atoms with Crippen LogP contribution in [0.2, 0.25) is 0 Å². The Labute approximate surface area is 56.2 Å². The minimum Gasteiger partial charge on any atom is -0.392 e. The lowest BCUT2D eigenvalue weighted by molar-refractivity contribution is 0.176. The third-order valence-corrected chi connectivity index (χ3v) is 0.753. The third-order valence-electron chi connectivity index (χ3n) is 0.753. The van der Waals surface area contributed by atoms with Crippen molar-refractivity contribution in [3.05, 3.63) is 12.2 Å². The number of hydrogen-bond donors (Lipinski definition) is 0. The molecule has 2 nitrogen and oxygen atoms in total. The number of hydrogen-bond acceptors (Lipinski definition) is 2. The first-order valence-electron chi connectivity index (χ1n) is 3.16. The van der Waals surface area contributed by atoms with E-state index in [1.165, 1.54) is 0 Å². The predicted molar refractivity (Wildman–Crippen MR) is 39.5 cm³/mol. The molecule has 0 N–H and O–H groups in total. The van der Waals surface area contributed by atoms with Crippen molar-refractivity contribution >= 4 is 6.21 Å². The number of oxime groups is 1.